The number of nitrogens with one attached hydrogen (secondary N) is 1. The molecule has 0 bridgehead atoms. The summed E-state index contributed by atoms with van der Waals surface area (Å²) in [5.74, 6) is 3.25. The molecular weight excluding hydrogens is 280 g/mol. The lowest BCUT2D eigenvalue weighted by Crippen LogP contribution is -2.48. The number of aryl methyl sites for hydroxylation is 1. The molecule has 120 valence electrons. The number of likely N-dealkylation sites (tertiary alicyclic amines) is 1. The zero-order valence-corrected chi connectivity index (χ0v) is 13.2. The van der Waals surface area contributed by atoms with E-state index in [1.165, 1.54) is 0 Å². The van der Waals surface area contributed by atoms with Gasteiger partial charge in [0.05, 0.1) is 12.6 Å². The second kappa shape index (κ2) is 7.43. The number of nitrogens with zero attached hydrogens (tertiary/aromatic N) is 3. The molecule has 0 radical (unpaired) electrons. The van der Waals surface area contributed by atoms with Crippen molar-refractivity contribution in [2.45, 2.75) is 31.9 Å². The van der Waals surface area contributed by atoms with Crippen LogP contribution in [0.15, 0.2) is 12.4 Å². The normalized spacial score (nSPS) is 19.4. The Bertz CT molecular complexity index is 541. The summed E-state index contributed by atoms with van der Waals surface area (Å²) in [6, 6.07) is -0.195. The van der Waals surface area contributed by atoms with Gasteiger partial charge < -0.3 is 15.0 Å². The maximum Gasteiger partial charge on any atom is 0.237 e. The molecule has 22 heavy (non-hydrogen) atoms. The van der Waals surface area contributed by atoms with E-state index in [-0.39, 0.29) is 24.4 Å². The molecule has 2 atom stereocenters. The van der Waals surface area contributed by atoms with Crippen LogP contribution in [0.5, 0.6) is 0 Å². The molecule has 0 unspecified atom stereocenters. The molecule has 2 rings (SSSR count). The van der Waals surface area contributed by atoms with Crippen LogP contribution in [0.4, 0.5) is 0 Å². The summed E-state index contributed by atoms with van der Waals surface area (Å²) in [5, 5.41) is 13.2. The first-order chi connectivity index (χ1) is 10.5. The van der Waals surface area contributed by atoms with E-state index in [0.717, 1.165) is 25.9 Å². The summed E-state index contributed by atoms with van der Waals surface area (Å²) in [6.45, 7) is 3.73. The average Bonchev–Trinajstić information content (AvgIpc) is 2.97. The van der Waals surface area contributed by atoms with Crippen molar-refractivity contribution in [3.8, 4) is 12.3 Å². The maximum absolute atomic E-state index is 11.9. The van der Waals surface area contributed by atoms with Crippen molar-refractivity contribution in [2.24, 2.45) is 13.0 Å². The minimum atomic E-state index is -0.548. The first-order valence-electron chi connectivity index (χ1n) is 7.65. The summed E-state index contributed by atoms with van der Waals surface area (Å²) in [4.78, 5) is 18.3. The largest absolute Gasteiger partial charge is 0.385 e. The first-order valence-corrected chi connectivity index (χ1v) is 7.65. The Morgan fingerprint density at radius 1 is 1.59 bits per heavy atom. The Balaban J connectivity index is 1.86. The molecule has 0 spiro atoms. The van der Waals surface area contributed by atoms with Gasteiger partial charge in [0.2, 0.25) is 5.91 Å². The number of imidazole rings is 1. The third-order valence-electron chi connectivity index (χ3n) is 4.44. The number of carbonyl (C=O) groups is 1. The number of aromatic nitrogens is 2. The molecule has 6 heteroatoms. The number of amides is 1. The molecular formula is C16H24N4O2. The molecule has 1 saturated heterocycles. The number of aliphatic hydroxyl groups excluding tert-OH is 1. The lowest BCUT2D eigenvalue weighted by Gasteiger charge is -2.36. The summed E-state index contributed by atoms with van der Waals surface area (Å²) >= 11 is 0. The number of piperidine rings is 1. The Kier molecular flexibility index (Phi) is 5.58. The number of hydrogen-bond donors (Lipinski definition) is 2. The van der Waals surface area contributed by atoms with E-state index in [2.05, 4.69) is 21.1 Å². The number of hydrogen-bond acceptors (Lipinski definition) is 4. The summed E-state index contributed by atoms with van der Waals surface area (Å²) in [6.07, 6.45) is 9.84. The lowest BCUT2D eigenvalue weighted by molar-refractivity contribution is -0.126. The molecule has 2 heterocycles. The van der Waals surface area contributed by atoms with Gasteiger partial charge in [-0.1, -0.05) is 5.92 Å². The van der Waals surface area contributed by atoms with Gasteiger partial charge in [-0.15, -0.1) is 6.42 Å². The highest BCUT2D eigenvalue weighted by atomic mass is 16.3. The monoisotopic (exact) mass is 304 g/mol. The molecule has 6 nitrogen and oxygen atoms in total. The first kappa shape index (κ1) is 16.5. The van der Waals surface area contributed by atoms with Crippen molar-refractivity contribution in [3.05, 3.63) is 18.2 Å². The van der Waals surface area contributed by atoms with Crippen LogP contribution in [0.1, 0.15) is 31.7 Å². The van der Waals surface area contributed by atoms with Gasteiger partial charge >= 0.3 is 0 Å². The molecule has 0 aliphatic carbocycles. The highest BCUT2D eigenvalue weighted by Gasteiger charge is 2.31. The van der Waals surface area contributed by atoms with Gasteiger partial charge in [0, 0.05) is 19.4 Å². The third kappa shape index (κ3) is 3.67. The average molecular weight is 304 g/mol. The maximum atomic E-state index is 11.9. The van der Waals surface area contributed by atoms with Crippen LogP contribution in [0, 0.1) is 18.3 Å². The van der Waals surface area contributed by atoms with E-state index < -0.39 is 6.10 Å². The predicted octanol–water partition coefficient (Wildman–Crippen LogP) is 0.303. The summed E-state index contributed by atoms with van der Waals surface area (Å²) < 4.78 is 1.85. The van der Waals surface area contributed by atoms with Crippen molar-refractivity contribution < 1.29 is 9.90 Å². The molecule has 0 saturated carbocycles. The standard InChI is InChI=1S/C16H24N4O2/c1-4-7-18-16(22)12(2)20-9-5-13(6-10-20)14(21)15-17-8-11-19(15)3/h1,8,11-14,21H,5-7,9-10H2,2-3H3,(H,18,22)/t12-,14+/m0/s1. The van der Waals surface area contributed by atoms with Gasteiger partial charge in [-0.25, -0.2) is 4.98 Å². The molecule has 1 aromatic heterocycles. The van der Waals surface area contributed by atoms with E-state index in [1.54, 1.807) is 6.20 Å². The molecule has 1 aliphatic heterocycles. The van der Waals surface area contributed by atoms with Crippen LogP contribution >= 0.6 is 0 Å². The highest BCUT2D eigenvalue weighted by molar-refractivity contribution is 5.81. The van der Waals surface area contributed by atoms with Crippen LogP contribution in [0.25, 0.3) is 0 Å². The van der Waals surface area contributed by atoms with Crippen molar-refractivity contribution >= 4 is 5.91 Å². The molecule has 1 fully saturated rings. The topological polar surface area (TPSA) is 70.4 Å². The minimum absolute atomic E-state index is 0.0407. The van der Waals surface area contributed by atoms with Crippen LogP contribution in [0.3, 0.4) is 0 Å². The van der Waals surface area contributed by atoms with E-state index in [4.69, 9.17) is 6.42 Å². The van der Waals surface area contributed by atoms with Crippen molar-refractivity contribution in [3.63, 3.8) is 0 Å². The van der Waals surface area contributed by atoms with Gasteiger partial charge in [-0.3, -0.25) is 9.69 Å². The van der Waals surface area contributed by atoms with Crippen molar-refractivity contribution in [1.82, 2.24) is 19.8 Å². The van der Waals surface area contributed by atoms with Gasteiger partial charge in [0.25, 0.3) is 0 Å². The Morgan fingerprint density at radius 2 is 2.27 bits per heavy atom. The fraction of sp³-hybridized carbons (Fsp3) is 0.625. The van der Waals surface area contributed by atoms with E-state index in [1.807, 2.05) is 24.7 Å². The Labute approximate surface area is 131 Å². The lowest BCUT2D eigenvalue weighted by atomic mass is 9.90. The van der Waals surface area contributed by atoms with Gasteiger partial charge in [0.15, 0.2) is 0 Å². The fourth-order valence-electron chi connectivity index (χ4n) is 2.95. The molecule has 1 aromatic rings. The van der Waals surface area contributed by atoms with Crippen LogP contribution in [0.2, 0.25) is 0 Å². The number of aliphatic hydroxyl groups is 1. The smallest absolute Gasteiger partial charge is 0.237 e. The van der Waals surface area contributed by atoms with E-state index in [0.29, 0.717) is 5.82 Å². The zero-order valence-electron chi connectivity index (χ0n) is 13.2. The van der Waals surface area contributed by atoms with Gasteiger partial charge in [-0.05, 0) is 38.8 Å². The molecule has 2 N–H and O–H groups in total. The number of carbonyl (C=O) groups excluding carboxylic acids is 1. The second-order valence-corrected chi connectivity index (χ2v) is 5.81. The van der Waals surface area contributed by atoms with E-state index >= 15 is 0 Å². The van der Waals surface area contributed by atoms with Crippen molar-refractivity contribution in [2.75, 3.05) is 19.6 Å². The summed E-state index contributed by atoms with van der Waals surface area (Å²) in [7, 11) is 1.89. The molecule has 0 aromatic carbocycles. The summed E-state index contributed by atoms with van der Waals surface area (Å²) in [5.41, 5.74) is 0. The second-order valence-electron chi connectivity index (χ2n) is 5.81. The predicted molar refractivity (Wildman–Crippen MR) is 83.8 cm³/mol. The number of terminal acetylenes is 1. The quantitative estimate of drug-likeness (QED) is 0.768. The van der Waals surface area contributed by atoms with Crippen molar-refractivity contribution in [1.29, 1.82) is 0 Å². The number of rotatable bonds is 5. The van der Waals surface area contributed by atoms with Crippen LogP contribution in [-0.4, -0.2) is 51.1 Å². The minimum Gasteiger partial charge on any atom is -0.385 e. The molecule has 1 amide bonds. The SMILES string of the molecule is C#CCNC(=O)[C@H](C)N1CCC([C@@H](O)c2nccn2C)CC1. The molecule has 1 aliphatic rings. The zero-order chi connectivity index (χ0) is 16.1. The highest BCUT2D eigenvalue weighted by Crippen LogP contribution is 2.30. The fourth-order valence-corrected chi connectivity index (χ4v) is 2.95. The van der Waals surface area contributed by atoms with E-state index in [9.17, 15) is 9.90 Å². The van der Waals surface area contributed by atoms with Crippen LogP contribution < -0.4 is 5.32 Å². The van der Waals surface area contributed by atoms with Gasteiger partial charge in [0.1, 0.15) is 11.9 Å². The third-order valence-corrected chi connectivity index (χ3v) is 4.44. The van der Waals surface area contributed by atoms with Crippen LogP contribution in [-0.2, 0) is 11.8 Å². The Morgan fingerprint density at radius 3 is 2.82 bits per heavy atom. The van der Waals surface area contributed by atoms with Gasteiger partial charge in [-0.2, -0.15) is 0 Å². The Hall–Kier alpha value is -1.84.